The van der Waals surface area contributed by atoms with Crippen LogP contribution in [0.3, 0.4) is 0 Å². The van der Waals surface area contributed by atoms with E-state index in [0.717, 1.165) is 6.42 Å². The van der Waals surface area contributed by atoms with Crippen LogP contribution in [0.5, 0.6) is 17.2 Å². The third-order valence-electron chi connectivity index (χ3n) is 3.91. The van der Waals surface area contributed by atoms with Gasteiger partial charge in [-0.2, -0.15) is 0 Å². The summed E-state index contributed by atoms with van der Waals surface area (Å²) in [5.74, 6) is 0.809. The van der Waals surface area contributed by atoms with Crippen molar-refractivity contribution in [3.8, 4) is 17.2 Å². The molecule has 1 amide bonds. The number of aliphatic hydroxyl groups is 1. The molecule has 0 spiro atoms. The van der Waals surface area contributed by atoms with Gasteiger partial charge in [0.05, 0.1) is 23.3 Å². The lowest BCUT2D eigenvalue weighted by molar-refractivity contribution is 0.0843. The van der Waals surface area contributed by atoms with Gasteiger partial charge >= 0.3 is 0 Å². The summed E-state index contributed by atoms with van der Waals surface area (Å²) in [5, 5.41) is 13.6. The molecule has 28 heavy (non-hydrogen) atoms. The minimum atomic E-state index is -0.949. The second-order valence-electron chi connectivity index (χ2n) is 6.06. The van der Waals surface area contributed by atoms with Crippen LogP contribution in [-0.4, -0.2) is 43.5 Å². The maximum atomic E-state index is 12.4. The zero-order valence-electron chi connectivity index (χ0n) is 14.7. The number of hydrogen-bond acceptors (Lipinski definition) is 5. The average molecular weight is 447 g/mol. The van der Waals surface area contributed by atoms with E-state index in [0.29, 0.717) is 46.1 Å². The van der Waals surface area contributed by atoms with E-state index in [1.807, 2.05) is 0 Å². The van der Waals surface area contributed by atoms with Crippen LogP contribution in [0.2, 0.25) is 15.1 Å². The van der Waals surface area contributed by atoms with Gasteiger partial charge in [-0.3, -0.25) is 4.79 Å². The Balaban J connectivity index is 1.55. The van der Waals surface area contributed by atoms with Crippen LogP contribution in [0, 0.1) is 0 Å². The van der Waals surface area contributed by atoms with Crippen LogP contribution in [0.15, 0.2) is 30.3 Å². The molecule has 0 aliphatic carbocycles. The van der Waals surface area contributed by atoms with Crippen LogP contribution in [0.4, 0.5) is 0 Å². The van der Waals surface area contributed by atoms with Gasteiger partial charge in [0.1, 0.15) is 23.5 Å². The fourth-order valence-corrected chi connectivity index (χ4v) is 3.13. The van der Waals surface area contributed by atoms with Gasteiger partial charge in [-0.1, -0.05) is 40.9 Å². The number of aliphatic hydroxyl groups excluding tert-OH is 1. The third-order valence-corrected chi connectivity index (χ3v) is 4.99. The lowest BCUT2D eigenvalue weighted by Gasteiger charge is -2.15. The summed E-state index contributed by atoms with van der Waals surface area (Å²) < 4.78 is 16.6. The fraction of sp³-hybridized carbons (Fsp3) is 0.316. The van der Waals surface area contributed by atoms with Gasteiger partial charge in [0.15, 0.2) is 11.5 Å². The maximum absolute atomic E-state index is 12.4. The number of benzene rings is 2. The number of carbonyl (C=O) groups excluding carboxylic acids is 1. The topological polar surface area (TPSA) is 77.0 Å². The molecule has 9 heteroatoms. The SMILES string of the molecule is O=C(NCC(O)COc1cccc(Cl)c1Cl)c1cc(Cl)c2c(c1)OCCCO2. The zero-order chi connectivity index (χ0) is 20.1. The first-order chi connectivity index (χ1) is 13.5. The van der Waals surface area contributed by atoms with Gasteiger partial charge < -0.3 is 24.6 Å². The van der Waals surface area contributed by atoms with Crippen LogP contribution < -0.4 is 19.5 Å². The number of hydrogen-bond donors (Lipinski definition) is 2. The maximum Gasteiger partial charge on any atom is 0.251 e. The molecule has 1 heterocycles. The molecule has 1 aliphatic rings. The minimum Gasteiger partial charge on any atom is -0.489 e. The van der Waals surface area contributed by atoms with Gasteiger partial charge in [-0.25, -0.2) is 0 Å². The van der Waals surface area contributed by atoms with E-state index in [4.69, 9.17) is 49.0 Å². The van der Waals surface area contributed by atoms with E-state index in [2.05, 4.69) is 5.32 Å². The molecule has 1 aliphatic heterocycles. The highest BCUT2D eigenvalue weighted by Gasteiger charge is 2.19. The van der Waals surface area contributed by atoms with Gasteiger partial charge in [0.25, 0.3) is 5.91 Å². The van der Waals surface area contributed by atoms with Gasteiger partial charge in [-0.05, 0) is 24.3 Å². The largest absolute Gasteiger partial charge is 0.489 e. The Bertz CT molecular complexity index is 862. The minimum absolute atomic E-state index is 0.0247. The molecule has 0 bridgehead atoms. The van der Waals surface area contributed by atoms with Crippen LogP contribution in [0.25, 0.3) is 0 Å². The van der Waals surface area contributed by atoms with Crippen molar-refractivity contribution >= 4 is 40.7 Å². The van der Waals surface area contributed by atoms with Crippen molar-refractivity contribution in [3.05, 3.63) is 51.0 Å². The fourth-order valence-electron chi connectivity index (χ4n) is 2.51. The molecule has 150 valence electrons. The van der Waals surface area contributed by atoms with E-state index in [1.165, 1.54) is 6.07 Å². The van der Waals surface area contributed by atoms with E-state index in [1.54, 1.807) is 24.3 Å². The lowest BCUT2D eigenvalue weighted by Crippen LogP contribution is -2.35. The van der Waals surface area contributed by atoms with Crippen molar-refractivity contribution < 1.29 is 24.1 Å². The van der Waals surface area contributed by atoms with Crippen molar-refractivity contribution in [2.24, 2.45) is 0 Å². The Hall–Kier alpha value is -1.86. The Morgan fingerprint density at radius 1 is 1.18 bits per heavy atom. The number of halogens is 3. The Morgan fingerprint density at radius 3 is 2.79 bits per heavy atom. The first-order valence-electron chi connectivity index (χ1n) is 8.58. The molecular weight excluding hydrogens is 429 g/mol. The molecule has 2 aromatic rings. The van der Waals surface area contributed by atoms with Gasteiger partial charge in [0.2, 0.25) is 0 Å². The smallest absolute Gasteiger partial charge is 0.251 e. The highest BCUT2D eigenvalue weighted by molar-refractivity contribution is 6.42. The van der Waals surface area contributed by atoms with E-state index < -0.39 is 12.0 Å². The molecule has 0 radical (unpaired) electrons. The number of nitrogens with one attached hydrogen (secondary N) is 1. The van der Waals surface area contributed by atoms with Gasteiger partial charge in [-0.15, -0.1) is 0 Å². The average Bonchev–Trinajstić information content (AvgIpc) is 2.93. The Kier molecular flexibility index (Phi) is 7.13. The molecule has 0 saturated carbocycles. The highest BCUT2D eigenvalue weighted by Crippen LogP contribution is 2.38. The summed E-state index contributed by atoms with van der Waals surface area (Å²) in [4.78, 5) is 12.4. The van der Waals surface area contributed by atoms with Crippen molar-refractivity contribution in [2.75, 3.05) is 26.4 Å². The summed E-state index contributed by atoms with van der Waals surface area (Å²) in [6.45, 7) is 0.892. The molecule has 1 unspecified atom stereocenters. The quantitative estimate of drug-likeness (QED) is 0.702. The molecule has 0 aromatic heterocycles. The Morgan fingerprint density at radius 2 is 1.96 bits per heavy atom. The number of ether oxygens (including phenoxy) is 3. The second-order valence-corrected chi connectivity index (χ2v) is 7.25. The standard InChI is InChI=1S/C19H18Cl3NO5/c20-13-3-1-4-15(17(13)22)28-10-12(24)9-23-19(25)11-7-14(21)18-16(8-11)26-5-2-6-27-18/h1,3-4,7-8,12,24H,2,5-6,9-10H2,(H,23,25). The molecule has 3 rings (SSSR count). The second kappa shape index (κ2) is 9.56. The third kappa shape index (κ3) is 5.14. The lowest BCUT2D eigenvalue weighted by atomic mass is 10.2. The normalized spacial score (nSPS) is 14.1. The van der Waals surface area contributed by atoms with Crippen molar-refractivity contribution in [1.29, 1.82) is 0 Å². The zero-order valence-corrected chi connectivity index (χ0v) is 17.0. The van der Waals surface area contributed by atoms with Crippen LogP contribution in [0.1, 0.15) is 16.8 Å². The summed E-state index contributed by atoms with van der Waals surface area (Å²) in [7, 11) is 0. The number of fused-ring (bicyclic) bond motifs is 1. The first kappa shape index (κ1) is 20.9. The summed E-state index contributed by atoms with van der Waals surface area (Å²) in [6.07, 6.45) is -0.218. The number of carbonyl (C=O) groups is 1. The van der Waals surface area contributed by atoms with Crippen LogP contribution >= 0.6 is 34.8 Å². The van der Waals surface area contributed by atoms with E-state index in [9.17, 15) is 9.90 Å². The highest BCUT2D eigenvalue weighted by atomic mass is 35.5. The van der Waals surface area contributed by atoms with Crippen molar-refractivity contribution in [1.82, 2.24) is 5.32 Å². The molecule has 6 nitrogen and oxygen atoms in total. The molecule has 2 N–H and O–H groups in total. The van der Waals surface area contributed by atoms with Crippen LogP contribution in [-0.2, 0) is 0 Å². The molecule has 0 saturated heterocycles. The van der Waals surface area contributed by atoms with Crippen molar-refractivity contribution in [3.63, 3.8) is 0 Å². The number of amides is 1. The van der Waals surface area contributed by atoms with Gasteiger partial charge in [0, 0.05) is 18.5 Å². The molecule has 0 fully saturated rings. The van der Waals surface area contributed by atoms with E-state index in [-0.39, 0.29) is 18.2 Å². The molecule has 1 atom stereocenters. The molecule has 2 aromatic carbocycles. The summed E-state index contributed by atoms with van der Waals surface area (Å²) in [6, 6.07) is 8.02. The number of rotatable bonds is 6. The Labute approximate surface area is 177 Å². The molecular formula is C19H18Cl3NO5. The predicted octanol–water partition coefficient (Wildman–Crippen LogP) is 3.98. The predicted molar refractivity (Wildman–Crippen MR) is 107 cm³/mol. The van der Waals surface area contributed by atoms with E-state index >= 15 is 0 Å². The summed E-state index contributed by atoms with van der Waals surface area (Å²) in [5.41, 5.74) is 0.306. The van der Waals surface area contributed by atoms with Crippen molar-refractivity contribution in [2.45, 2.75) is 12.5 Å². The monoisotopic (exact) mass is 445 g/mol. The first-order valence-corrected chi connectivity index (χ1v) is 9.71. The summed E-state index contributed by atoms with van der Waals surface area (Å²) >= 11 is 18.1.